The molecular weight excluding hydrogens is 381 g/mol. The molecule has 0 bridgehead atoms. The first-order valence-corrected chi connectivity index (χ1v) is 8.58. The van der Waals surface area contributed by atoms with E-state index < -0.39 is 0 Å². The molecule has 0 aliphatic carbocycles. The Kier molecular flexibility index (Phi) is 4.45. The van der Waals surface area contributed by atoms with E-state index in [4.69, 9.17) is 0 Å². The van der Waals surface area contributed by atoms with Gasteiger partial charge in [0.25, 0.3) is 0 Å². The molecule has 0 amide bonds. The van der Waals surface area contributed by atoms with Crippen LogP contribution in [0.2, 0.25) is 0 Å². The minimum atomic E-state index is -0.310. The first-order valence-electron chi connectivity index (χ1n) is 6.97. The second-order valence-electron chi connectivity index (χ2n) is 5.16. The standard InChI is InChI=1S/C15H15BrFN5S/c1-8-12(9(2)22(3)21-8)7-18-15-20-19-14(23-15)11-6-10(16)4-5-13(11)17/h4-6H,7H2,1-3H3,(H,18,20). The van der Waals surface area contributed by atoms with E-state index in [1.54, 1.807) is 12.1 Å². The third-order valence-electron chi connectivity index (χ3n) is 3.66. The lowest BCUT2D eigenvalue weighted by atomic mass is 10.2. The summed E-state index contributed by atoms with van der Waals surface area (Å²) in [6.45, 7) is 4.62. The van der Waals surface area contributed by atoms with Crippen LogP contribution in [0.1, 0.15) is 17.0 Å². The molecular formula is C15H15BrFN5S. The molecule has 1 aromatic carbocycles. The summed E-state index contributed by atoms with van der Waals surface area (Å²) in [6.07, 6.45) is 0. The lowest BCUT2D eigenvalue weighted by molar-refractivity contribution is 0.630. The van der Waals surface area contributed by atoms with Gasteiger partial charge in [-0.2, -0.15) is 5.10 Å². The summed E-state index contributed by atoms with van der Waals surface area (Å²) in [4.78, 5) is 0. The molecule has 0 atom stereocenters. The molecule has 0 unspecified atom stereocenters. The van der Waals surface area contributed by atoms with Gasteiger partial charge >= 0.3 is 0 Å². The minimum Gasteiger partial charge on any atom is -0.356 e. The van der Waals surface area contributed by atoms with Gasteiger partial charge in [0.05, 0.1) is 5.69 Å². The van der Waals surface area contributed by atoms with Crippen LogP contribution in [0.15, 0.2) is 22.7 Å². The molecule has 2 aromatic heterocycles. The molecule has 0 aliphatic rings. The van der Waals surface area contributed by atoms with Crippen molar-refractivity contribution < 1.29 is 4.39 Å². The van der Waals surface area contributed by atoms with Crippen LogP contribution in [0.5, 0.6) is 0 Å². The van der Waals surface area contributed by atoms with Crippen molar-refractivity contribution in [2.45, 2.75) is 20.4 Å². The van der Waals surface area contributed by atoms with Crippen LogP contribution in [0.25, 0.3) is 10.6 Å². The Labute approximate surface area is 145 Å². The number of nitrogens with one attached hydrogen (secondary N) is 1. The van der Waals surface area contributed by atoms with E-state index in [9.17, 15) is 4.39 Å². The third-order valence-corrected chi connectivity index (χ3v) is 5.07. The number of hydrogen-bond acceptors (Lipinski definition) is 5. The Morgan fingerprint density at radius 3 is 2.78 bits per heavy atom. The quantitative estimate of drug-likeness (QED) is 0.723. The molecule has 23 heavy (non-hydrogen) atoms. The molecule has 0 saturated carbocycles. The average Bonchev–Trinajstić information content (AvgIpc) is 3.06. The fourth-order valence-corrected chi connectivity index (χ4v) is 3.42. The monoisotopic (exact) mass is 395 g/mol. The Hall–Kier alpha value is -1.80. The largest absolute Gasteiger partial charge is 0.356 e. The highest BCUT2D eigenvalue weighted by Crippen LogP contribution is 2.30. The van der Waals surface area contributed by atoms with E-state index in [0.717, 1.165) is 21.4 Å². The minimum absolute atomic E-state index is 0.310. The van der Waals surface area contributed by atoms with E-state index in [1.807, 2.05) is 25.6 Å². The SMILES string of the molecule is Cc1nn(C)c(C)c1CNc1nnc(-c2cc(Br)ccc2F)s1. The van der Waals surface area contributed by atoms with Crippen LogP contribution in [0, 0.1) is 19.7 Å². The van der Waals surface area contributed by atoms with Crippen molar-refractivity contribution >= 4 is 32.4 Å². The first-order chi connectivity index (χ1) is 11.0. The molecule has 0 radical (unpaired) electrons. The normalized spacial score (nSPS) is 11.0. The molecule has 3 aromatic rings. The Morgan fingerprint density at radius 2 is 2.09 bits per heavy atom. The van der Waals surface area contributed by atoms with Gasteiger partial charge in [-0.1, -0.05) is 27.3 Å². The van der Waals surface area contributed by atoms with Crippen LogP contribution in [-0.2, 0) is 13.6 Å². The molecule has 5 nitrogen and oxygen atoms in total. The van der Waals surface area contributed by atoms with E-state index in [-0.39, 0.29) is 5.82 Å². The fourth-order valence-electron chi connectivity index (χ4n) is 2.30. The molecule has 2 heterocycles. The highest BCUT2D eigenvalue weighted by atomic mass is 79.9. The summed E-state index contributed by atoms with van der Waals surface area (Å²) < 4.78 is 16.6. The maximum absolute atomic E-state index is 13.9. The van der Waals surface area contributed by atoms with Crippen LogP contribution in [0.4, 0.5) is 9.52 Å². The fraction of sp³-hybridized carbons (Fsp3) is 0.267. The van der Waals surface area contributed by atoms with Crippen molar-refractivity contribution in [1.82, 2.24) is 20.0 Å². The van der Waals surface area contributed by atoms with Crippen molar-refractivity contribution in [3.8, 4) is 10.6 Å². The zero-order valence-corrected chi connectivity index (χ0v) is 15.3. The Balaban J connectivity index is 1.79. The maximum atomic E-state index is 13.9. The summed E-state index contributed by atoms with van der Waals surface area (Å²) in [6, 6.07) is 4.78. The molecule has 3 rings (SSSR count). The molecule has 0 saturated heterocycles. The number of benzene rings is 1. The van der Waals surface area contributed by atoms with Crippen LogP contribution < -0.4 is 5.32 Å². The number of hydrogen-bond donors (Lipinski definition) is 1. The van der Waals surface area contributed by atoms with Gasteiger partial charge in [-0.15, -0.1) is 10.2 Å². The molecule has 1 N–H and O–H groups in total. The molecule has 8 heteroatoms. The lowest BCUT2D eigenvalue weighted by Gasteiger charge is -2.02. The number of halogens is 2. The van der Waals surface area contributed by atoms with E-state index in [2.05, 4.69) is 36.5 Å². The van der Waals surface area contributed by atoms with Crippen molar-refractivity contribution in [2.75, 3.05) is 5.32 Å². The van der Waals surface area contributed by atoms with Crippen molar-refractivity contribution in [1.29, 1.82) is 0 Å². The highest BCUT2D eigenvalue weighted by Gasteiger charge is 2.13. The molecule has 120 valence electrons. The summed E-state index contributed by atoms with van der Waals surface area (Å²) in [5.41, 5.74) is 3.68. The van der Waals surface area contributed by atoms with Crippen LogP contribution in [-0.4, -0.2) is 20.0 Å². The number of rotatable bonds is 4. The van der Waals surface area contributed by atoms with Gasteiger partial charge in [-0.05, 0) is 32.0 Å². The topological polar surface area (TPSA) is 55.6 Å². The summed E-state index contributed by atoms with van der Waals surface area (Å²) in [5, 5.41) is 17.0. The molecule has 0 fully saturated rings. The predicted molar refractivity (Wildman–Crippen MR) is 93.0 cm³/mol. The average molecular weight is 396 g/mol. The Morgan fingerprint density at radius 1 is 1.30 bits per heavy atom. The van der Waals surface area contributed by atoms with Crippen molar-refractivity contribution in [2.24, 2.45) is 7.05 Å². The highest BCUT2D eigenvalue weighted by molar-refractivity contribution is 9.10. The van der Waals surface area contributed by atoms with Gasteiger partial charge in [0.2, 0.25) is 5.13 Å². The number of aryl methyl sites for hydroxylation is 2. The predicted octanol–water partition coefficient (Wildman–Crippen LogP) is 4.07. The number of anilines is 1. The number of aromatic nitrogens is 4. The van der Waals surface area contributed by atoms with E-state index in [1.165, 1.54) is 17.4 Å². The smallest absolute Gasteiger partial charge is 0.206 e. The van der Waals surface area contributed by atoms with Crippen molar-refractivity contribution in [3.05, 3.63) is 45.4 Å². The second kappa shape index (κ2) is 6.37. The Bertz CT molecular complexity index is 858. The molecule has 0 aliphatic heterocycles. The van der Waals surface area contributed by atoms with Gasteiger partial charge in [0, 0.05) is 34.9 Å². The van der Waals surface area contributed by atoms with Gasteiger partial charge in [-0.3, -0.25) is 4.68 Å². The molecule has 0 spiro atoms. The van der Waals surface area contributed by atoms with Gasteiger partial charge in [0.1, 0.15) is 5.82 Å². The van der Waals surface area contributed by atoms with Crippen LogP contribution in [0.3, 0.4) is 0 Å². The second-order valence-corrected chi connectivity index (χ2v) is 7.06. The van der Waals surface area contributed by atoms with Gasteiger partial charge in [-0.25, -0.2) is 4.39 Å². The van der Waals surface area contributed by atoms with Crippen molar-refractivity contribution in [3.63, 3.8) is 0 Å². The summed E-state index contributed by atoms with van der Waals surface area (Å²) >= 11 is 4.67. The zero-order chi connectivity index (χ0) is 16.6. The van der Waals surface area contributed by atoms with Crippen LogP contribution >= 0.6 is 27.3 Å². The van der Waals surface area contributed by atoms with Gasteiger partial charge in [0.15, 0.2) is 5.01 Å². The summed E-state index contributed by atoms with van der Waals surface area (Å²) in [7, 11) is 1.92. The lowest BCUT2D eigenvalue weighted by Crippen LogP contribution is -2.02. The third kappa shape index (κ3) is 3.28. The number of nitrogens with zero attached hydrogens (tertiary/aromatic N) is 4. The van der Waals surface area contributed by atoms with E-state index >= 15 is 0 Å². The summed E-state index contributed by atoms with van der Waals surface area (Å²) in [5.74, 6) is -0.310. The first kappa shape index (κ1) is 16.1. The van der Waals surface area contributed by atoms with Gasteiger partial charge < -0.3 is 5.32 Å². The zero-order valence-electron chi connectivity index (χ0n) is 12.9. The maximum Gasteiger partial charge on any atom is 0.206 e. The van der Waals surface area contributed by atoms with E-state index in [0.29, 0.717) is 22.2 Å².